The number of ether oxygens (including phenoxy) is 1. The van der Waals surface area contributed by atoms with E-state index in [9.17, 15) is 0 Å². The highest BCUT2D eigenvalue weighted by Gasteiger charge is 2.20. The van der Waals surface area contributed by atoms with Gasteiger partial charge in [0.1, 0.15) is 0 Å². The first-order chi connectivity index (χ1) is 9.18. The maximum atomic E-state index is 5.60. The van der Waals surface area contributed by atoms with Gasteiger partial charge in [-0.3, -0.25) is 0 Å². The van der Waals surface area contributed by atoms with E-state index < -0.39 is 0 Å². The molecular weight excluding hydrogens is 240 g/mol. The molecule has 1 fully saturated rings. The first kappa shape index (κ1) is 14.3. The molecule has 0 aliphatic heterocycles. The first-order valence-electron chi connectivity index (χ1n) is 7.15. The normalized spacial score (nSPS) is 14.9. The fourth-order valence-electron chi connectivity index (χ4n) is 2.06. The lowest BCUT2D eigenvalue weighted by atomic mass is 10.4. The molecule has 5 nitrogen and oxygen atoms in total. The predicted molar refractivity (Wildman–Crippen MR) is 77.4 cm³/mol. The number of imidazole rings is 1. The summed E-state index contributed by atoms with van der Waals surface area (Å²) in [6.07, 6.45) is 5.75. The first-order valence-corrected chi connectivity index (χ1v) is 7.15. The monoisotopic (exact) mass is 266 g/mol. The van der Waals surface area contributed by atoms with E-state index in [4.69, 9.17) is 4.74 Å². The number of aromatic nitrogens is 2. The quantitative estimate of drug-likeness (QED) is 0.686. The maximum absolute atomic E-state index is 5.60. The van der Waals surface area contributed by atoms with E-state index in [2.05, 4.69) is 21.9 Å². The summed E-state index contributed by atoms with van der Waals surface area (Å²) in [6.45, 7) is 3.69. The molecule has 108 valence electrons. The molecule has 0 amide bonds. The van der Waals surface area contributed by atoms with Crippen LogP contribution < -0.4 is 10.2 Å². The van der Waals surface area contributed by atoms with Crippen LogP contribution in [0.4, 0.5) is 5.95 Å². The summed E-state index contributed by atoms with van der Waals surface area (Å²) < 4.78 is 7.73. The van der Waals surface area contributed by atoms with Crippen molar-refractivity contribution in [3.8, 4) is 0 Å². The van der Waals surface area contributed by atoms with Crippen LogP contribution in [0.3, 0.4) is 0 Å². The molecule has 5 heteroatoms. The van der Waals surface area contributed by atoms with Crippen LogP contribution in [0.25, 0.3) is 0 Å². The van der Waals surface area contributed by atoms with E-state index in [-0.39, 0.29) is 0 Å². The topological polar surface area (TPSA) is 42.3 Å². The molecule has 1 saturated carbocycles. The zero-order valence-corrected chi connectivity index (χ0v) is 12.4. The van der Waals surface area contributed by atoms with Gasteiger partial charge >= 0.3 is 0 Å². The summed E-state index contributed by atoms with van der Waals surface area (Å²) in [7, 11) is 6.07. The van der Waals surface area contributed by atoms with Crippen molar-refractivity contribution in [3.63, 3.8) is 0 Å². The Kier molecular flexibility index (Phi) is 5.22. The minimum absolute atomic E-state index is 0.861. The molecule has 0 bridgehead atoms. The molecule has 0 radical (unpaired) electrons. The largest absolute Gasteiger partial charge is 0.381 e. The number of hydrogen-bond donors (Lipinski definition) is 1. The molecule has 1 aliphatic carbocycles. The Morgan fingerprint density at radius 1 is 1.47 bits per heavy atom. The second-order valence-corrected chi connectivity index (χ2v) is 5.55. The molecule has 1 N–H and O–H groups in total. The molecule has 0 unspecified atom stereocenters. The zero-order chi connectivity index (χ0) is 13.7. The molecule has 0 aromatic carbocycles. The van der Waals surface area contributed by atoms with Crippen LogP contribution in [0.1, 0.15) is 25.0 Å². The molecule has 1 heterocycles. The van der Waals surface area contributed by atoms with Crippen LogP contribution in [-0.4, -0.2) is 43.4 Å². The van der Waals surface area contributed by atoms with Crippen molar-refractivity contribution in [2.24, 2.45) is 13.0 Å². The number of hydrogen-bond acceptors (Lipinski definition) is 4. The van der Waals surface area contributed by atoms with Gasteiger partial charge in [-0.2, -0.15) is 0 Å². The summed E-state index contributed by atoms with van der Waals surface area (Å²) in [4.78, 5) is 6.42. The maximum Gasteiger partial charge on any atom is 0.204 e. The van der Waals surface area contributed by atoms with Crippen LogP contribution in [0.2, 0.25) is 0 Å². The smallest absolute Gasteiger partial charge is 0.204 e. The molecule has 0 spiro atoms. The van der Waals surface area contributed by atoms with E-state index in [1.54, 1.807) is 0 Å². The van der Waals surface area contributed by atoms with Crippen molar-refractivity contribution in [3.05, 3.63) is 11.9 Å². The molecule has 1 aromatic heterocycles. The summed E-state index contributed by atoms with van der Waals surface area (Å²) in [5, 5.41) is 3.44. The predicted octanol–water partition coefficient (Wildman–Crippen LogP) is 1.39. The summed E-state index contributed by atoms with van der Waals surface area (Å²) in [6, 6.07) is 0. The number of nitrogens with zero attached hydrogens (tertiary/aromatic N) is 3. The Morgan fingerprint density at radius 3 is 2.89 bits per heavy atom. The Hall–Kier alpha value is -1.07. The van der Waals surface area contributed by atoms with Gasteiger partial charge in [-0.15, -0.1) is 0 Å². The second-order valence-electron chi connectivity index (χ2n) is 5.55. The lowest BCUT2D eigenvalue weighted by Gasteiger charge is -2.12. The number of anilines is 1. The van der Waals surface area contributed by atoms with E-state index in [1.807, 2.05) is 25.2 Å². The van der Waals surface area contributed by atoms with Crippen molar-refractivity contribution in [1.82, 2.24) is 14.9 Å². The van der Waals surface area contributed by atoms with Gasteiger partial charge in [0.25, 0.3) is 0 Å². The highest BCUT2D eigenvalue weighted by molar-refractivity contribution is 5.30. The summed E-state index contributed by atoms with van der Waals surface area (Å²) in [5.74, 6) is 1.86. The van der Waals surface area contributed by atoms with Crippen molar-refractivity contribution in [1.29, 1.82) is 0 Å². The molecule has 1 aliphatic rings. The lowest BCUT2D eigenvalue weighted by molar-refractivity contribution is 0.122. The SMILES string of the molecule is CN(C)c1ncc(CNCCCOCC2CC2)n1C. The molecule has 0 atom stereocenters. The van der Waals surface area contributed by atoms with Gasteiger partial charge in [-0.25, -0.2) is 4.98 Å². The molecule has 19 heavy (non-hydrogen) atoms. The Balaban J connectivity index is 1.57. The fraction of sp³-hybridized carbons (Fsp3) is 0.786. The highest BCUT2D eigenvalue weighted by Crippen LogP contribution is 2.28. The van der Waals surface area contributed by atoms with Gasteiger partial charge in [0.05, 0.1) is 11.9 Å². The molecule has 1 aromatic rings. The fourth-order valence-corrected chi connectivity index (χ4v) is 2.06. The van der Waals surface area contributed by atoms with Crippen LogP contribution >= 0.6 is 0 Å². The lowest BCUT2D eigenvalue weighted by Crippen LogP contribution is -2.19. The van der Waals surface area contributed by atoms with E-state index in [1.165, 1.54) is 18.5 Å². The van der Waals surface area contributed by atoms with Crippen LogP contribution in [0, 0.1) is 5.92 Å². The Bertz CT molecular complexity index is 385. The number of rotatable bonds is 9. The second kappa shape index (κ2) is 6.91. The molecule has 0 saturated heterocycles. The minimum Gasteiger partial charge on any atom is -0.381 e. The van der Waals surface area contributed by atoms with Crippen LogP contribution in [-0.2, 0) is 18.3 Å². The van der Waals surface area contributed by atoms with Crippen molar-refractivity contribution in [2.75, 3.05) is 38.8 Å². The van der Waals surface area contributed by atoms with E-state index in [0.29, 0.717) is 0 Å². The van der Waals surface area contributed by atoms with E-state index >= 15 is 0 Å². The van der Waals surface area contributed by atoms with Crippen molar-refractivity contribution in [2.45, 2.75) is 25.8 Å². The van der Waals surface area contributed by atoms with Crippen LogP contribution in [0.15, 0.2) is 6.20 Å². The van der Waals surface area contributed by atoms with E-state index in [0.717, 1.165) is 44.6 Å². The summed E-state index contributed by atoms with van der Waals surface area (Å²) in [5.41, 5.74) is 1.21. The Labute approximate surface area is 116 Å². The third kappa shape index (κ3) is 4.51. The van der Waals surface area contributed by atoms with Gasteiger partial charge in [0, 0.05) is 40.9 Å². The Morgan fingerprint density at radius 2 is 2.26 bits per heavy atom. The van der Waals surface area contributed by atoms with Crippen LogP contribution in [0.5, 0.6) is 0 Å². The molecular formula is C14H26N4O. The van der Waals surface area contributed by atoms with Gasteiger partial charge in [0.2, 0.25) is 5.95 Å². The standard InChI is InChI=1S/C14H26N4O/c1-17(2)14-16-10-13(18(14)3)9-15-7-4-8-19-11-12-5-6-12/h10,12,15H,4-9,11H2,1-3H3. The van der Waals surface area contributed by atoms with Crippen molar-refractivity contribution >= 4 is 5.95 Å². The zero-order valence-electron chi connectivity index (χ0n) is 12.4. The van der Waals surface area contributed by atoms with Gasteiger partial charge in [-0.1, -0.05) is 0 Å². The number of nitrogens with one attached hydrogen (secondary N) is 1. The van der Waals surface area contributed by atoms with Crippen molar-refractivity contribution < 1.29 is 4.74 Å². The van der Waals surface area contributed by atoms with Gasteiger partial charge < -0.3 is 19.5 Å². The average Bonchev–Trinajstić information content (AvgIpc) is 3.12. The average molecular weight is 266 g/mol. The third-order valence-electron chi connectivity index (χ3n) is 3.46. The van der Waals surface area contributed by atoms with Gasteiger partial charge in [0.15, 0.2) is 0 Å². The van der Waals surface area contributed by atoms with Gasteiger partial charge in [-0.05, 0) is 31.7 Å². The minimum atomic E-state index is 0.861. The summed E-state index contributed by atoms with van der Waals surface area (Å²) >= 11 is 0. The highest BCUT2D eigenvalue weighted by atomic mass is 16.5. The third-order valence-corrected chi connectivity index (χ3v) is 3.46. The molecule has 2 rings (SSSR count).